The minimum atomic E-state index is -0.794. The van der Waals surface area contributed by atoms with Crippen LogP contribution in [-0.2, 0) is 0 Å². The van der Waals surface area contributed by atoms with Gasteiger partial charge in [0.1, 0.15) is 17.2 Å². The van der Waals surface area contributed by atoms with Crippen molar-refractivity contribution in [2.24, 2.45) is 0 Å². The molecular weight excluding hydrogens is 369 g/mol. The number of rotatable bonds is 3. The molecule has 2 rings (SSSR count). The molecule has 9 heteroatoms. The van der Waals surface area contributed by atoms with E-state index in [4.69, 9.17) is 11.6 Å². The fourth-order valence-corrected chi connectivity index (χ4v) is 2.00. The molecule has 0 atom stereocenters. The molecule has 1 N–H and O–H groups in total. The molecular formula is C12H6BrClFN3O3. The lowest BCUT2D eigenvalue weighted by atomic mass is 10.2. The number of pyridine rings is 1. The van der Waals surface area contributed by atoms with E-state index in [0.717, 1.165) is 12.3 Å². The molecule has 1 aromatic heterocycles. The number of anilines is 1. The predicted molar refractivity (Wildman–Crippen MR) is 78.0 cm³/mol. The van der Waals surface area contributed by atoms with Gasteiger partial charge in [0, 0.05) is 10.5 Å². The molecule has 0 radical (unpaired) electrons. The standard InChI is InChI=1S/C12H6BrClFN3O3/c13-6-1-2-10(9(15)3-6)17-12(19)8-4-7(18(20)21)5-16-11(8)14/h1-5H,(H,17,19). The summed E-state index contributed by atoms with van der Waals surface area (Å²) in [5.41, 5.74) is -0.681. The second-order valence-electron chi connectivity index (χ2n) is 3.87. The summed E-state index contributed by atoms with van der Waals surface area (Å²) in [4.78, 5) is 25.5. The Kier molecular flexibility index (Phi) is 4.49. The molecule has 0 aliphatic carbocycles. The maximum absolute atomic E-state index is 13.6. The smallest absolute Gasteiger partial charge is 0.288 e. The minimum absolute atomic E-state index is 0.0780. The van der Waals surface area contributed by atoms with Gasteiger partial charge in [-0.1, -0.05) is 27.5 Å². The number of aromatic nitrogens is 1. The van der Waals surface area contributed by atoms with Crippen LogP contribution in [0.3, 0.4) is 0 Å². The number of hydrogen-bond acceptors (Lipinski definition) is 4. The van der Waals surface area contributed by atoms with Gasteiger partial charge < -0.3 is 5.32 Å². The van der Waals surface area contributed by atoms with Gasteiger partial charge in [0.15, 0.2) is 0 Å². The summed E-state index contributed by atoms with van der Waals surface area (Å²) in [7, 11) is 0. The molecule has 1 heterocycles. The Morgan fingerprint density at radius 3 is 2.76 bits per heavy atom. The van der Waals surface area contributed by atoms with Crippen molar-refractivity contribution in [2.45, 2.75) is 0 Å². The number of nitrogens with one attached hydrogen (secondary N) is 1. The summed E-state index contributed by atoms with van der Waals surface area (Å²) in [6.07, 6.45) is 0.930. The van der Waals surface area contributed by atoms with Gasteiger partial charge in [-0.2, -0.15) is 0 Å². The second kappa shape index (κ2) is 6.15. The monoisotopic (exact) mass is 373 g/mol. The molecule has 21 heavy (non-hydrogen) atoms. The van der Waals surface area contributed by atoms with E-state index in [2.05, 4.69) is 26.2 Å². The third-order valence-electron chi connectivity index (χ3n) is 2.46. The van der Waals surface area contributed by atoms with E-state index in [9.17, 15) is 19.3 Å². The minimum Gasteiger partial charge on any atom is -0.319 e. The molecule has 0 spiro atoms. The third-order valence-corrected chi connectivity index (χ3v) is 3.25. The quantitative estimate of drug-likeness (QED) is 0.503. The van der Waals surface area contributed by atoms with Crippen molar-refractivity contribution in [3.63, 3.8) is 0 Å². The Morgan fingerprint density at radius 1 is 1.43 bits per heavy atom. The average molecular weight is 375 g/mol. The van der Waals surface area contributed by atoms with Crippen LogP contribution in [0.15, 0.2) is 34.9 Å². The summed E-state index contributed by atoms with van der Waals surface area (Å²) in [6.45, 7) is 0. The first-order valence-electron chi connectivity index (χ1n) is 5.45. The molecule has 0 unspecified atom stereocenters. The van der Waals surface area contributed by atoms with Crippen LogP contribution in [0.5, 0.6) is 0 Å². The highest BCUT2D eigenvalue weighted by Gasteiger charge is 2.18. The van der Waals surface area contributed by atoms with Crippen LogP contribution in [0.4, 0.5) is 15.8 Å². The molecule has 108 valence electrons. The van der Waals surface area contributed by atoms with Gasteiger partial charge >= 0.3 is 0 Å². The molecule has 0 fully saturated rings. The Bertz CT molecular complexity index is 742. The number of halogens is 3. The van der Waals surface area contributed by atoms with Crippen molar-refractivity contribution >= 4 is 44.8 Å². The van der Waals surface area contributed by atoms with Crippen LogP contribution < -0.4 is 5.32 Å². The van der Waals surface area contributed by atoms with Crippen LogP contribution in [0.2, 0.25) is 5.15 Å². The van der Waals surface area contributed by atoms with Crippen molar-refractivity contribution in [1.29, 1.82) is 0 Å². The fraction of sp³-hybridized carbons (Fsp3) is 0. The second-order valence-corrected chi connectivity index (χ2v) is 5.14. The maximum atomic E-state index is 13.6. The predicted octanol–water partition coefficient (Wildman–Crippen LogP) is 3.80. The number of nitro groups is 1. The highest BCUT2D eigenvalue weighted by molar-refractivity contribution is 9.10. The van der Waals surface area contributed by atoms with E-state index in [1.54, 1.807) is 0 Å². The summed E-state index contributed by atoms with van der Waals surface area (Å²) in [5.74, 6) is -1.45. The van der Waals surface area contributed by atoms with Gasteiger partial charge in [-0.05, 0) is 18.2 Å². The Labute approximate surface area is 131 Å². The number of carbonyl (C=O) groups is 1. The van der Waals surface area contributed by atoms with Crippen molar-refractivity contribution in [2.75, 3.05) is 5.32 Å². The molecule has 0 aliphatic rings. The maximum Gasteiger partial charge on any atom is 0.288 e. The zero-order chi connectivity index (χ0) is 15.6. The first-order chi connectivity index (χ1) is 9.88. The zero-order valence-corrected chi connectivity index (χ0v) is 12.5. The van der Waals surface area contributed by atoms with Gasteiger partial charge in [-0.25, -0.2) is 9.37 Å². The number of hydrogen-bond donors (Lipinski definition) is 1. The first kappa shape index (κ1) is 15.3. The van der Waals surface area contributed by atoms with Gasteiger partial charge in [0.2, 0.25) is 0 Å². The van der Waals surface area contributed by atoms with Crippen LogP contribution in [0.1, 0.15) is 10.4 Å². The highest BCUT2D eigenvalue weighted by Crippen LogP contribution is 2.23. The number of benzene rings is 1. The van der Waals surface area contributed by atoms with E-state index in [1.165, 1.54) is 18.2 Å². The highest BCUT2D eigenvalue weighted by atomic mass is 79.9. The van der Waals surface area contributed by atoms with E-state index < -0.39 is 16.6 Å². The Morgan fingerprint density at radius 2 is 2.14 bits per heavy atom. The Hall–Kier alpha value is -2.06. The topological polar surface area (TPSA) is 85.1 Å². The molecule has 1 amide bonds. The lowest BCUT2D eigenvalue weighted by molar-refractivity contribution is -0.385. The van der Waals surface area contributed by atoms with Crippen molar-refractivity contribution in [3.05, 3.63) is 61.6 Å². The van der Waals surface area contributed by atoms with Gasteiger partial charge in [0.25, 0.3) is 11.6 Å². The van der Waals surface area contributed by atoms with E-state index >= 15 is 0 Å². The molecule has 1 aromatic carbocycles. The summed E-state index contributed by atoms with van der Waals surface area (Å²) in [5, 5.41) is 12.7. The third kappa shape index (κ3) is 3.53. The molecule has 6 nitrogen and oxygen atoms in total. The average Bonchev–Trinajstić information content (AvgIpc) is 2.42. The largest absolute Gasteiger partial charge is 0.319 e. The van der Waals surface area contributed by atoms with Crippen LogP contribution >= 0.6 is 27.5 Å². The zero-order valence-electron chi connectivity index (χ0n) is 10.1. The molecule has 0 aliphatic heterocycles. The van der Waals surface area contributed by atoms with Crippen molar-refractivity contribution in [3.8, 4) is 0 Å². The lowest BCUT2D eigenvalue weighted by Gasteiger charge is -2.07. The molecule has 2 aromatic rings. The summed E-state index contributed by atoms with van der Waals surface area (Å²) < 4.78 is 14.1. The van der Waals surface area contributed by atoms with Crippen molar-refractivity contribution < 1.29 is 14.1 Å². The summed E-state index contributed by atoms with van der Waals surface area (Å²) in [6, 6.07) is 5.02. The molecule has 0 bridgehead atoms. The number of carbonyl (C=O) groups excluding carboxylic acids is 1. The van der Waals surface area contributed by atoms with E-state index in [-0.39, 0.29) is 22.1 Å². The normalized spacial score (nSPS) is 10.2. The fourth-order valence-electron chi connectivity index (χ4n) is 1.48. The van der Waals surface area contributed by atoms with Gasteiger partial charge in [0.05, 0.1) is 16.2 Å². The molecule has 0 saturated carbocycles. The van der Waals surface area contributed by atoms with Crippen LogP contribution in [-0.4, -0.2) is 15.8 Å². The van der Waals surface area contributed by atoms with Gasteiger partial charge in [-0.3, -0.25) is 14.9 Å². The number of nitrogens with zero attached hydrogens (tertiary/aromatic N) is 2. The van der Waals surface area contributed by atoms with Crippen molar-refractivity contribution in [1.82, 2.24) is 4.98 Å². The SMILES string of the molecule is O=C(Nc1ccc(Br)cc1F)c1cc([N+](=O)[O-])cnc1Cl. The van der Waals surface area contributed by atoms with E-state index in [1.807, 2.05) is 0 Å². The van der Waals surface area contributed by atoms with E-state index in [0.29, 0.717) is 4.47 Å². The summed E-state index contributed by atoms with van der Waals surface area (Å²) >= 11 is 8.82. The lowest BCUT2D eigenvalue weighted by Crippen LogP contribution is -2.14. The number of amides is 1. The van der Waals surface area contributed by atoms with Crippen LogP contribution in [0, 0.1) is 15.9 Å². The first-order valence-corrected chi connectivity index (χ1v) is 6.62. The van der Waals surface area contributed by atoms with Crippen LogP contribution in [0.25, 0.3) is 0 Å². The Balaban J connectivity index is 2.32. The molecule has 0 saturated heterocycles. The van der Waals surface area contributed by atoms with Gasteiger partial charge in [-0.15, -0.1) is 0 Å².